The van der Waals surface area contributed by atoms with Crippen LogP contribution in [-0.4, -0.2) is 48.8 Å². The highest BCUT2D eigenvalue weighted by atomic mass is 16.5. The Balaban J connectivity index is 1.23. The molecule has 4 fully saturated rings. The number of rotatable bonds is 10. The van der Waals surface area contributed by atoms with E-state index in [0.29, 0.717) is 11.8 Å². The Morgan fingerprint density at radius 3 is 2.48 bits per heavy atom. The number of aromatic amines is 1. The van der Waals surface area contributed by atoms with E-state index in [1.54, 1.807) is 0 Å². The van der Waals surface area contributed by atoms with Gasteiger partial charge in [0.2, 0.25) is 0 Å². The molecule has 1 aromatic heterocycles. The van der Waals surface area contributed by atoms with Crippen molar-refractivity contribution in [1.82, 2.24) is 9.88 Å². The highest BCUT2D eigenvalue weighted by Gasteiger charge is 2.43. The lowest BCUT2D eigenvalue weighted by Gasteiger charge is -2.47. The quantitative estimate of drug-likeness (QED) is 0.530. The van der Waals surface area contributed by atoms with E-state index < -0.39 is 0 Å². The first-order valence-corrected chi connectivity index (χ1v) is 13.4. The molecule has 4 aliphatic rings. The van der Waals surface area contributed by atoms with Gasteiger partial charge in [-0.2, -0.15) is 0 Å². The van der Waals surface area contributed by atoms with E-state index in [2.05, 4.69) is 22.0 Å². The molecule has 0 amide bonds. The topological polar surface area (TPSA) is 54.6 Å². The van der Waals surface area contributed by atoms with E-state index in [0.717, 1.165) is 73.2 Å². The number of unbranched alkanes of at least 4 members (excludes halogenated alkanes) is 2. The first-order chi connectivity index (χ1) is 16.2. The van der Waals surface area contributed by atoms with Gasteiger partial charge in [-0.1, -0.05) is 44.2 Å². The second-order valence-electron chi connectivity index (χ2n) is 11.2. The number of hydrogen-bond acceptors (Lipinski definition) is 4. The third kappa shape index (κ3) is 5.00. The van der Waals surface area contributed by atoms with Crippen molar-refractivity contribution in [1.29, 1.82) is 0 Å². The first kappa shape index (κ1) is 21.7. The van der Waals surface area contributed by atoms with Crippen molar-refractivity contribution in [3.8, 4) is 5.75 Å². The fourth-order valence-electron chi connectivity index (χ4n) is 6.07. The third-order valence-corrected chi connectivity index (χ3v) is 8.25. The number of piperidine rings is 1. The van der Waals surface area contributed by atoms with Gasteiger partial charge >= 0.3 is 0 Å². The maximum Gasteiger partial charge on any atom is 0.255 e. The molecule has 5 heteroatoms. The van der Waals surface area contributed by atoms with Crippen LogP contribution in [0, 0.1) is 23.7 Å². The fraction of sp³-hybridized carbons (Fsp3) is 0.679. The van der Waals surface area contributed by atoms with Gasteiger partial charge in [0.25, 0.3) is 5.56 Å². The Bertz CT molecular complexity index is 1010. The second-order valence-corrected chi connectivity index (χ2v) is 11.2. The molecule has 6 rings (SSSR count). The molecular formula is C28H38N2O3. The number of para-hydroxylation sites is 1. The number of nitrogens with one attached hydrogen (secondary N) is 1. The molecule has 2 saturated heterocycles. The van der Waals surface area contributed by atoms with E-state index in [1.165, 1.54) is 51.5 Å². The zero-order valence-electron chi connectivity index (χ0n) is 19.8. The van der Waals surface area contributed by atoms with Crippen molar-refractivity contribution in [2.24, 2.45) is 23.7 Å². The predicted molar refractivity (Wildman–Crippen MR) is 131 cm³/mol. The molecule has 178 valence electrons. The lowest BCUT2D eigenvalue weighted by molar-refractivity contribution is -0.113. The Morgan fingerprint density at radius 2 is 1.73 bits per heavy atom. The van der Waals surface area contributed by atoms with Crippen molar-refractivity contribution in [3.63, 3.8) is 0 Å². The van der Waals surface area contributed by atoms with E-state index in [4.69, 9.17) is 9.47 Å². The number of fused-ring (bicyclic) bond motifs is 3. The summed E-state index contributed by atoms with van der Waals surface area (Å²) in [6, 6.07) is 8.13. The summed E-state index contributed by atoms with van der Waals surface area (Å²) in [7, 11) is 0. The minimum Gasteiger partial charge on any atom is -0.488 e. The van der Waals surface area contributed by atoms with Crippen molar-refractivity contribution >= 4 is 10.9 Å². The lowest BCUT2D eigenvalue weighted by atomic mass is 9.84. The summed E-state index contributed by atoms with van der Waals surface area (Å²) < 4.78 is 12.9. The standard InChI is InChI=1S/C28H38N2O3/c31-28-24(8-3-1-2-6-19-10-11-19)27(23-7-4-5-9-25(23)29-28)33-26-21-15-30(14-20-12-13-20)16-22(26)18-32-17-21/h4-5,7,9,19-22,26H,1-3,6,8,10-18H2,(H,29,31). The van der Waals surface area contributed by atoms with Gasteiger partial charge in [0.1, 0.15) is 11.9 Å². The molecule has 2 bridgehead atoms. The van der Waals surface area contributed by atoms with Gasteiger partial charge in [0, 0.05) is 36.9 Å². The van der Waals surface area contributed by atoms with Crippen LogP contribution in [0.2, 0.25) is 0 Å². The minimum absolute atomic E-state index is 0.0264. The van der Waals surface area contributed by atoms with Gasteiger partial charge in [0.05, 0.1) is 24.3 Å². The molecule has 2 atom stereocenters. The monoisotopic (exact) mass is 450 g/mol. The SMILES string of the molecule is O=c1[nH]c2ccccc2c(OC2C3COCC2CN(CC2CC2)C3)c1CCCCCC1CC1. The Kier molecular flexibility index (Phi) is 6.19. The predicted octanol–water partition coefficient (Wildman–Crippen LogP) is 4.78. The lowest BCUT2D eigenvalue weighted by Crippen LogP contribution is -2.57. The van der Waals surface area contributed by atoms with Crippen LogP contribution < -0.4 is 10.3 Å². The van der Waals surface area contributed by atoms with Crippen molar-refractivity contribution in [2.45, 2.75) is 63.9 Å². The third-order valence-electron chi connectivity index (χ3n) is 8.25. The van der Waals surface area contributed by atoms with E-state index in [-0.39, 0.29) is 11.7 Å². The summed E-state index contributed by atoms with van der Waals surface area (Å²) in [6.07, 6.45) is 11.5. The average molecular weight is 451 g/mol. The molecule has 5 nitrogen and oxygen atoms in total. The maximum atomic E-state index is 13.1. The molecule has 2 aromatic rings. The van der Waals surface area contributed by atoms with Crippen molar-refractivity contribution in [3.05, 3.63) is 40.2 Å². The van der Waals surface area contributed by atoms with Crippen molar-refractivity contribution < 1.29 is 9.47 Å². The largest absolute Gasteiger partial charge is 0.488 e. The maximum absolute atomic E-state index is 13.1. The molecule has 3 heterocycles. The molecule has 2 unspecified atom stereocenters. The fourth-order valence-corrected chi connectivity index (χ4v) is 6.07. The minimum atomic E-state index is 0.0264. The molecule has 1 aromatic carbocycles. The van der Waals surface area contributed by atoms with Crippen LogP contribution in [0.4, 0.5) is 0 Å². The van der Waals surface area contributed by atoms with Crippen LogP contribution in [0.3, 0.4) is 0 Å². The van der Waals surface area contributed by atoms with Gasteiger partial charge in [-0.25, -0.2) is 0 Å². The molecule has 2 saturated carbocycles. The average Bonchev–Trinajstić information content (AvgIpc) is 3.72. The van der Waals surface area contributed by atoms with Gasteiger partial charge in [-0.05, 0) is 49.7 Å². The number of hydrogen-bond donors (Lipinski definition) is 1. The number of ether oxygens (including phenoxy) is 2. The van der Waals surface area contributed by atoms with Crippen LogP contribution in [0.15, 0.2) is 29.1 Å². The Labute approximate surface area is 196 Å². The van der Waals surface area contributed by atoms with E-state index >= 15 is 0 Å². The van der Waals surface area contributed by atoms with Crippen LogP contribution in [-0.2, 0) is 11.2 Å². The molecule has 2 aliphatic carbocycles. The zero-order chi connectivity index (χ0) is 22.2. The van der Waals surface area contributed by atoms with Crippen molar-refractivity contribution in [2.75, 3.05) is 32.8 Å². The highest BCUT2D eigenvalue weighted by Crippen LogP contribution is 2.38. The summed E-state index contributed by atoms with van der Waals surface area (Å²) in [5, 5.41) is 1.05. The number of aromatic nitrogens is 1. The van der Waals surface area contributed by atoms with Gasteiger partial charge in [0.15, 0.2) is 0 Å². The number of nitrogens with zero attached hydrogens (tertiary/aromatic N) is 1. The summed E-state index contributed by atoms with van der Waals surface area (Å²) in [4.78, 5) is 18.9. The summed E-state index contributed by atoms with van der Waals surface area (Å²) in [5.41, 5.74) is 1.75. The summed E-state index contributed by atoms with van der Waals surface area (Å²) in [6.45, 7) is 4.87. The zero-order valence-corrected chi connectivity index (χ0v) is 19.8. The number of benzene rings is 1. The summed E-state index contributed by atoms with van der Waals surface area (Å²) >= 11 is 0. The Morgan fingerprint density at radius 1 is 0.970 bits per heavy atom. The number of H-pyrrole nitrogens is 1. The first-order valence-electron chi connectivity index (χ1n) is 13.4. The van der Waals surface area contributed by atoms with Crippen LogP contribution in [0.25, 0.3) is 10.9 Å². The second kappa shape index (κ2) is 9.42. The summed E-state index contributed by atoms with van der Waals surface area (Å²) in [5.74, 6) is 3.49. The Hall–Kier alpha value is -1.85. The van der Waals surface area contributed by atoms with Gasteiger partial charge < -0.3 is 19.4 Å². The molecule has 0 spiro atoms. The number of likely N-dealkylation sites (tertiary alicyclic amines) is 1. The van der Waals surface area contributed by atoms with Gasteiger partial charge in [-0.3, -0.25) is 4.79 Å². The van der Waals surface area contributed by atoms with Crippen LogP contribution in [0.5, 0.6) is 5.75 Å². The smallest absolute Gasteiger partial charge is 0.255 e. The number of pyridine rings is 1. The highest BCUT2D eigenvalue weighted by molar-refractivity contribution is 5.86. The molecular weight excluding hydrogens is 412 g/mol. The molecule has 33 heavy (non-hydrogen) atoms. The van der Waals surface area contributed by atoms with Gasteiger partial charge in [-0.15, -0.1) is 0 Å². The normalized spacial score (nSPS) is 27.7. The van der Waals surface area contributed by atoms with E-state index in [9.17, 15) is 4.79 Å². The van der Waals surface area contributed by atoms with E-state index in [1.807, 2.05) is 12.1 Å². The van der Waals surface area contributed by atoms with Crippen LogP contribution >= 0.6 is 0 Å². The van der Waals surface area contributed by atoms with Crippen LogP contribution in [0.1, 0.15) is 56.9 Å². The molecule has 0 radical (unpaired) electrons. The molecule has 2 aliphatic heterocycles. The molecule has 1 N–H and O–H groups in total.